The van der Waals surface area contributed by atoms with Gasteiger partial charge in [-0.3, -0.25) is 4.72 Å². The lowest BCUT2D eigenvalue weighted by Gasteiger charge is -2.12. The largest absolute Gasteiger partial charge is 0.396 e. The fourth-order valence-electron chi connectivity index (χ4n) is 1.91. The van der Waals surface area contributed by atoms with Gasteiger partial charge in [0.15, 0.2) is 0 Å². The van der Waals surface area contributed by atoms with Gasteiger partial charge in [-0.05, 0) is 23.6 Å². The third-order valence-electron chi connectivity index (χ3n) is 2.95. The summed E-state index contributed by atoms with van der Waals surface area (Å²) in [5.74, 6) is 0. The maximum absolute atomic E-state index is 12.0. The molecular weight excluding hydrogens is 288 g/mol. The van der Waals surface area contributed by atoms with E-state index in [4.69, 9.17) is 5.11 Å². The molecule has 0 aromatic heterocycles. The lowest BCUT2D eigenvalue weighted by Crippen LogP contribution is -2.30. The van der Waals surface area contributed by atoms with E-state index < -0.39 is 10.2 Å². The van der Waals surface area contributed by atoms with Crippen LogP contribution in [-0.4, -0.2) is 20.1 Å². The van der Waals surface area contributed by atoms with E-state index in [0.717, 1.165) is 11.1 Å². The molecule has 0 bridgehead atoms. The van der Waals surface area contributed by atoms with E-state index in [2.05, 4.69) is 9.44 Å². The van der Waals surface area contributed by atoms with Gasteiger partial charge in [0.05, 0.1) is 5.69 Å². The third kappa shape index (κ3) is 4.86. The first-order valence-electron chi connectivity index (χ1n) is 6.61. The lowest BCUT2D eigenvalue weighted by atomic mass is 10.1. The van der Waals surface area contributed by atoms with Gasteiger partial charge in [0, 0.05) is 13.2 Å². The van der Waals surface area contributed by atoms with E-state index in [0.29, 0.717) is 12.1 Å². The second-order valence-electron chi connectivity index (χ2n) is 4.54. The highest BCUT2D eigenvalue weighted by Crippen LogP contribution is 2.16. The smallest absolute Gasteiger partial charge is 0.299 e. The van der Waals surface area contributed by atoms with Gasteiger partial charge in [0.1, 0.15) is 0 Å². The zero-order chi connectivity index (χ0) is 15.1. The number of aliphatic hydroxyl groups is 1. The summed E-state index contributed by atoms with van der Waals surface area (Å²) in [6.45, 7) is 0.189. The van der Waals surface area contributed by atoms with Crippen LogP contribution in [0.3, 0.4) is 0 Å². The summed E-state index contributed by atoms with van der Waals surface area (Å²) >= 11 is 0. The van der Waals surface area contributed by atoms with Crippen molar-refractivity contribution in [1.82, 2.24) is 4.72 Å². The van der Waals surface area contributed by atoms with Crippen LogP contribution in [0.2, 0.25) is 0 Å². The summed E-state index contributed by atoms with van der Waals surface area (Å²) < 4.78 is 29.1. The highest BCUT2D eigenvalue weighted by molar-refractivity contribution is 7.90. The molecule has 21 heavy (non-hydrogen) atoms. The molecule has 3 N–H and O–H groups in total. The molecule has 0 radical (unpaired) electrons. The lowest BCUT2D eigenvalue weighted by molar-refractivity contribution is 0.300. The first-order valence-corrected chi connectivity index (χ1v) is 8.09. The molecule has 0 saturated carbocycles. The molecule has 112 valence electrons. The van der Waals surface area contributed by atoms with Crippen molar-refractivity contribution in [3.8, 4) is 0 Å². The molecule has 5 nitrogen and oxygen atoms in total. The first-order chi connectivity index (χ1) is 10.1. The Morgan fingerprint density at radius 2 is 1.62 bits per heavy atom. The highest BCUT2D eigenvalue weighted by Gasteiger charge is 2.11. The van der Waals surface area contributed by atoms with Gasteiger partial charge in [0.2, 0.25) is 0 Å². The second-order valence-corrected chi connectivity index (χ2v) is 6.04. The van der Waals surface area contributed by atoms with Crippen molar-refractivity contribution in [3.05, 3.63) is 65.7 Å². The van der Waals surface area contributed by atoms with E-state index in [9.17, 15) is 8.42 Å². The van der Waals surface area contributed by atoms with Crippen LogP contribution in [-0.2, 0) is 23.2 Å². The molecule has 2 aromatic carbocycles. The van der Waals surface area contributed by atoms with Crippen molar-refractivity contribution in [2.24, 2.45) is 0 Å². The molecule has 2 aromatic rings. The minimum Gasteiger partial charge on any atom is -0.396 e. The van der Waals surface area contributed by atoms with Gasteiger partial charge in [-0.1, -0.05) is 48.5 Å². The number of aliphatic hydroxyl groups excluding tert-OH is 1. The van der Waals surface area contributed by atoms with Crippen molar-refractivity contribution in [2.75, 3.05) is 11.3 Å². The predicted octanol–water partition coefficient (Wildman–Crippen LogP) is 1.67. The maximum atomic E-state index is 12.0. The van der Waals surface area contributed by atoms with Crippen LogP contribution < -0.4 is 9.44 Å². The zero-order valence-corrected chi connectivity index (χ0v) is 12.3. The van der Waals surface area contributed by atoms with Crippen molar-refractivity contribution in [2.45, 2.75) is 13.0 Å². The zero-order valence-electron chi connectivity index (χ0n) is 11.5. The Kier molecular flexibility index (Phi) is 5.32. The Balaban J connectivity index is 2.04. The summed E-state index contributed by atoms with van der Waals surface area (Å²) in [5.41, 5.74) is 2.11. The summed E-state index contributed by atoms with van der Waals surface area (Å²) in [6.07, 6.45) is 0.400. The van der Waals surface area contributed by atoms with Crippen LogP contribution in [0.4, 0.5) is 5.69 Å². The van der Waals surface area contributed by atoms with Crippen molar-refractivity contribution < 1.29 is 13.5 Å². The van der Waals surface area contributed by atoms with Crippen molar-refractivity contribution in [3.63, 3.8) is 0 Å². The molecule has 0 aliphatic rings. The van der Waals surface area contributed by atoms with Crippen LogP contribution in [0, 0.1) is 0 Å². The molecule has 2 rings (SSSR count). The molecule has 6 heteroatoms. The summed E-state index contributed by atoms with van der Waals surface area (Å²) in [7, 11) is -3.66. The van der Waals surface area contributed by atoms with Crippen LogP contribution in [0.1, 0.15) is 11.1 Å². The molecule has 0 unspecified atom stereocenters. The molecule has 0 saturated heterocycles. The average Bonchev–Trinajstić information content (AvgIpc) is 2.48. The Labute approximate surface area is 124 Å². The van der Waals surface area contributed by atoms with Crippen LogP contribution in [0.25, 0.3) is 0 Å². The number of hydrogen-bond donors (Lipinski definition) is 3. The van der Waals surface area contributed by atoms with Crippen molar-refractivity contribution >= 4 is 15.9 Å². The van der Waals surface area contributed by atoms with Gasteiger partial charge in [0.25, 0.3) is 10.2 Å². The van der Waals surface area contributed by atoms with E-state index in [-0.39, 0.29) is 13.2 Å². The van der Waals surface area contributed by atoms with E-state index >= 15 is 0 Å². The fraction of sp³-hybridized carbons (Fsp3) is 0.200. The Morgan fingerprint density at radius 1 is 0.952 bits per heavy atom. The Bertz CT molecular complexity index is 672. The minimum absolute atomic E-state index is 0.0316. The number of nitrogens with one attached hydrogen (secondary N) is 2. The maximum Gasteiger partial charge on any atom is 0.299 e. The number of hydrogen-bond acceptors (Lipinski definition) is 3. The SMILES string of the molecule is O=S(=O)(NCc1ccccc1)Nc1ccccc1CCO. The topological polar surface area (TPSA) is 78.4 Å². The number of rotatable bonds is 7. The van der Waals surface area contributed by atoms with Crippen LogP contribution in [0.15, 0.2) is 54.6 Å². The Morgan fingerprint density at radius 3 is 2.33 bits per heavy atom. The van der Waals surface area contributed by atoms with Crippen molar-refractivity contribution in [1.29, 1.82) is 0 Å². The van der Waals surface area contributed by atoms with Crippen LogP contribution in [0.5, 0.6) is 0 Å². The molecule has 0 aliphatic carbocycles. The summed E-state index contributed by atoms with van der Waals surface area (Å²) in [5, 5.41) is 9.00. The molecular formula is C15H18N2O3S. The van der Waals surface area contributed by atoms with E-state index in [1.807, 2.05) is 30.3 Å². The van der Waals surface area contributed by atoms with E-state index in [1.54, 1.807) is 24.3 Å². The standard InChI is InChI=1S/C15H18N2O3S/c18-11-10-14-8-4-5-9-15(14)17-21(19,20)16-12-13-6-2-1-3-7-13/h1-9,16-18H,10-12H2. The summed E-state index contributed by atoms with van der Waals surface area (Å²) in [4.78, 5) is 0. The molecule has 0 amide bonds. The minimum atomic E-state index is -3.66. The number of benzene rings is 2. The normalized spacial score (nSPS) is 11.3. The molecule has 0 heterocycles. The third-order valence-corrected chi connectivity index (χ3v) is 3.96. The second kappa shape index (κ2) is 7.21. The van der Waals surface area contributed by atoms with E-state index in [1.165, 1.54) is 0 Å². The Hall–Kier alpha value is -1.89. The first kappa shape index (κ1) is 15.5. The van der Waals surface area contributed by atoms with Gasteiger partial charge < -0.3 is 5.11 Å². The highest BCUT2D eigenvalue weighted by atomic mass is 32.2. The van der Waals surface area contributed by atoms with Gasteiger partial charge in [-0.25, -0.2) is 0 Å². The van der Waals surface area contributed by atoms with Crippen LogP contribution >= 0.6 is 0 Å². The number of anilines is 1. The summed E-state index contributed by atoms with van der Waals surface area (Å²) in [6, 6.07) is 16.3. The fourth-order valence-corrected chi connectivity index (χ4v) is 2.83. The van der Waals surface area contributed by atoms with Gasteiger partial charge in [-0.2, -0.15) is 13.1 Å². The molecule has 0 atom stereocenters. The number of para-hydroxylation sites is 1. The quantitative estimate of drug-likeness (QED) is 0.728. The average molecular weight is 306 g/mol. The molecule has 0 spiro atoms. The monoisotopic (exact) mass is 306 g/mol. The van der Waals surface area contributed by atoms with Gasteiger partial charge >= 0.3 is 0 Å². The molecule has 0 aliphatic heterocycles. The van der Waals surface area contributed by atoms with Gasteiger partial charge in [-0.15, -0.1) is 0 Å². The molecule has 0 fully saturated rings. The predicted molar refractivity (Wildman–Crippen MR) is 83.1 cm³/mol.